The van der Waals surface area contributed by atoms with E-state index in [1.54, 1.807) is 0 Å². The van der Waals surface area contributed by atoms with Gasteiger partial charge in [0.15, 0.2) is 0 Å². The molecule has 0 aliphatic rings. The topological polar surface area (TPSA) is 56.7 Å². The van der Waals surface area contributed by atoms with Gasteiger partial charge in [-0.15, -0.1) is 0 Å². The summed E-state index contributed by atoms with van der Waals surface area (Å²) in [6.07, 6.45) is 1.81. The van der Waals surface area contributed by atoms with Crippen LogP contribution in [0.1, 0.15) is 19.9 Å². The lowest BCUT2D eigenvalue weighted by molar-refractivity contribution is 0.638. The third-order valence-corrected chi connectivity index (χ3v) is 4.58. The fourth-order valence-electron chi connectivity index (χ4n) is 2.55. The number of hydrogen-bond donors (Lipinski definition) is 1. The minimum Gasteiger partial charge on any atom is -0.369 e. The standard InChI is InChI=1S/C15H18N4S/c1-3-20-9-10(2)19-14-11-6-4-5-7-12(11)17-8-13(14)18-15(19)16/h4-8,10H,3,9H2,1-2H3,(H2,16,18). The highest BCUT2D eigenvalue weighted by Crippen LogP contribution is 2.29. The van der Waals surface area contributed by atoms with E-state index in [0.717, 1.165) is 33.4 Å². The molecule has 0 saturated carbocycles. The van der Waals surface area contributed by atoms with Crippen LogP contribution in [-0.2, 0) is 0 Å². The van der Waals surface area contributed by atoms with Crippen LogP contribution in [0.25, 0.3) is 21.9 Å². The summed E-state index contributed by atoms with van der Waals surface area (Å²) < 4.78 is 2.14. The molecule has 4 nitrogen and oxygen atoms in total. The second-order valence-electron chi connectivity index (χ2n) is 4.86. The number of aromatic nitrogens is 3. The molecule has 2 N–H and O–H groups in total. The molecule has 0 amide bonds. The van der Waals surface area contributed by atoms with Crippen molar-refractivity contribution in [3.63, 3.8) is 0 Å². The van der Waals surface area contributed by atoms with E-state index in [4.69, 9.17) is 5.73 Å². The molecular weight excluding hydrogens is 268 g/mol. The molecule has 1 aromatic carbocycles. The molecule has 1 atom stereocenters. The number of nitrogens with two attached hydrogens (primary N) is 1. The predicted molar refractivity (Wildman–Crippen MR) is 87.2 cm³/mol. The lowest BCUT2D eigenvalue weighted by Gasteiger charge is -2.16. The maximum Gasteiger partial charge on any atom is 0.201 e. The van der Waals surface area contributed by atoms with Gasteiger partial charge >= 0.3 is 0 Å². The molecule has 0 aliphatic carbocycles. The minimum absolute atomic E-state index is 0.316. The first kappa shape index (κ1) is 13.2. The number of anilines is 1. The molecule has 3 rings (SSSR count). The fraction of sp³-hybridized carbons (Fsp3) is 0.333. The van der Waals surface area contributed by atoms with Crippen molar-refractivity contribution in [1.29, 1.82) is 0 Å². The number of fused-ring (bicyclic) bond motifs is 3. The normalized spacial score (nSPS) is 13.1. The summed E-state index contributed by atoms with van der Waals surface area (Å²) in [7, 11) is 0. The van der Waals surface area contributed by atoms with Gasteiger partial charge in [-0.3, -0.25) is 4.98 Å². The van der Waals surface area contributed by atoms with Gasteiger partial charge in [0.1, 0.15) is 5.52 Å². The third-order valence-electron chi connectivity index (χ3n) is 3.45. The van der Waals surface area contributed by atoms with Crippen molar-refractivity contribution in [2.24, 2.45) is 0 Å². The first-order chi connectivity index (χ1) is 9.72. The molecular formula is C15H18N4S. The second-order valence-corrected chi connectivity index (χ2v) is 6.18. The molecule has 0 bridgehead atoms. The molecule has 0 saturated heterocycles. The van der Waals surface area contributed by atoms with Gasteiger partial charge < -0.3 is 10.3 Å². The number of nitrogens with zero attached hydrogens (tertiary/aromatic N) is 3. The number of para-hydroxylation sites is 1. The SMILES string of the molecule is CCSCC(C)n1c(N)nc2cnc3ccccc3c21. The van der Waals surface area contributed by atoms with Gasteiger partial charge in [0.25, 0.3) is 0 Å². The van der Waals surface area contributed by atoms with Crippen molar-refractivity contribution in [2.75, 3.05) is 17.2 Å². The lowest BCUT2D eigenvalue weighted by atomic mass is 10.2. The molecule has 20 heavy (non-hydrogen) atoms. The first-order valence-electron chi connectivity index (χ1n) is 6.81. The zero-order chi connectivity index (χ0) is 14.1. The van der Waals surface area contributed by atoms with E-state index in [2.05, 4.69) is 34.4 Å². The molecule has 0 fully saturated rings. The van der Waals surface area contributed by atoms with Crippen LogP contribution < -0.4 is 5.73 Å². The van der Waals surface area contributed by atoms with Crippen LogP contribution in [0.4, 0.5) is 5.95 Å². The van der Waals surface area contributed by atoms with Crippen LogP contribution in [-0.4, -0.2) is 26.0 Å². The minimum atomic E-state index is 0.316. The predicted octanol–water partition coefficient (Wildman–Crippen LogP) is 3.48. The van der Waals surface area contributed by atoms with Crippen LogP contribution in [0, 0.1) is 0 Å². The number of imidazole rings is 1. The summed E-state index contributed by atoms with van der Waals surface area (Å²) in [5.74, 6) is 2.71. The molecule has 2 aromatic heterocycles. The van der Waals surface area contributed by atoms with E-state index in [9.17, 15) is 0 Å². The van der Waals surface area contributed by atoms with E-state index in [1.165, 1.54) is 0 Å². The summed E-state index contributed by atoms with van der Waals surface area (Å²) in [6.45, 7) is 4.36. The Kier molecular flexibility index (Phi) is 3.53. The van der Waals surface area contributed by atoms with Gasteiger partial charge in [-0.05, 0) is 18.7 Å². The average molecular weight is 286 g/mol. The quantitative estimate of drug-likeness (QED) is 0.797. The molecule has 1 unspecified atom stereocenters. The third kappa shape index (κ3) is 2.12. The highest BCUT2D eigenvalue weighted by Gasteiger charge is 2.16. The number of pyridine rings is 1. The zero-order valence-electron chi connectivity index (χ0n) is 11.7. The Balaban J connectivity index is 2.24. The van der Waals surface area contributed by atoms with Gasteiger partial charge in [-0.2, -0.15) is 11.8 Å². The fourth-order valence-corrected chi connectivity index (χ4v) is 3.28. The van der Waals surface area contributed by atoms with Crippen molar-refractivity contribution < 1.29 is 0 Å². The summed E-state index contributed by atoms with van der Waals surface area (Å²) in [4.78, 5) is 8.91. The van der Waals surface area contributed by atoms with Crippen molar-refractivity contribution in [2.45, 2.75) is 19.9 Å². The Morgan fingerprint density at radius 1 is 1.30 bits per heavy atom. The summed E-state index contributed by atoms with van der Waals surface area (Å²) >= 11 is 1.92. The Hall–Kier alpha value is -1.75. The van der Waals surface area contributed by atoms with E-state index in [-0.39, 0.29) is 0 Å². The number of hydrogen-bond acceptors (Lipinski definition) is 4. The zero-order valence-corrected chi connectivity index (χ0v) is 12.5. The van der Waals surface area contributed by atoms with Crippen LogP contribution >= 0.6 is 11.8 Å². The van der Waals surface area contributed by atoms with Crippen molar-refractivity contribution in [1.82, 2.24) is 14.5 Å². The van der Waals surface area contributed by atoms with Gasteiger partial charge in [0.05, 0.1) is 17.2 Å². The van der Waals surface area contributed by atoms with E-state index in [1.807, 2.05) is 36.2 Å². The molecule has 0 spiro atoms. The highest BCUT2D eigenvalue weighted by atomic mass is 32.2. The van der Waals surface area contributed by atoms with Crippen molar-refractivity contribution >= 4 is 39.6 Å². The summed E-state index contributed by atoms with van der Waals surface area (Å²) in [6, 6.07) is 8.45. The number of nitrogen functional groups attached to an aromatic ring is 1. The van der Waals surface area contributed by atoms with Gasteiger partial charge in [0.2, 0.25) is 5.95 Å². The van der Waals surface area contributed by atoms with Crippen LogP contribution in [0.2, 0.25) is 0 Å². The Morgan fingerprint density at radius 2 is 2.10 bits per heavy atom. The van der Waals surface area contributed by atoms with Gasteiger partial charge in [0, 0.05) is 17.2 Å². The summed E-state index contributed by atoms with van der Waals surface area (Å²) in [5.41, 5.74) is 9.08. The maximum atomic E-state index is 6.13. The Bertz CT molecular complexity index is 750. The number of rotatable bonds is 4. The molecule has 0 radical (unpaired) electrons. The molecule has 104 valence electrons. The van der Waals surface area contributed by atoms with Crippen LogP contribution in [0.15, 0.2) is 30.5 Å². The molecule has 0 aliphatic heterocycles. The van der Waals surface area contributed by atoms with E-state index in [0.29, 0.717) is 12.0 Å². The molecule has 2 heterocycles. The van der Waals surface area contributed by atoms with Crippen LogP contribution in [0.5, 0.6) is 0 Å². The lowest BCUT2D eigenvalue weighted by Crippen LogP contribution is -2.11. The first-order valence-corrected chi connectivity index (χ1v) is 7.96. The summed E-state index contributed by atoms with van der Waals surface area (Å²) in [5, 5.41) is 1.11. The van der Waals surface area contributed by atoms with Gasteiger partial charge in [-0.25, -0.2) is 4.98 Å². The van der Waals surface area contributed by atoms with E-state index >= 15 is 0 Å². The average Bonchev–Trinajstić information content (AvgIpc) is 2.81. The molecule has 5 heteroatoms. The monoisotopic (exact) mass is 286 g/mol. The highest BCUT2D eigenvalue weighted by molar-refractivity contribution is 7.99. The van der Waals surface area contributed by atoms with E-state index < -0.39 is 0 Å². The van der Waals surface area contributed by atoms with Crippen molar-refractivity contribution in [3.05, 3.63) is 30.5 Å². The maximum absolute atomic E-state index is 6.13. The van der Waals surface area contributed by atoms with Crippen LogP contribution in [0.3, 0.4) is 0 Å². The Morgan fingerprint density at radius 3 is 2.90 bits per heavy atom. The number of thioether (sulfide) groups is 1. The Labute approximate surface area is 122 Å². The smallest absolute Gasteiger partial charge is 0.201 e. The second kappa shape index (κ2) is 5.32. The van der Waals surface area contributed by atoms with Crippen molar-refractivity contribution in [3.8, 4) is 0 Å². The number of benzene rings is 1. The van der Waals surface area contributed by atoms with Gasteiger partial charge in [-0.1, -0.05) is 25.1 Å². The molecule has 3 aromatic rings. The largest absolute Gasteiger partial charge is 0.369 e.